The minimum atomic E-state index is 0.131. The molecule has 2 saturated carbocycles. The lowest BCUT2D eigenvalue weighted by Crippen LogP contribution is -2.41. The van der Waals surface area contributed by atoms with Crippen molar-refractivity contribution in [2.45, 2.75) is 52.0 Å². The lowest BCUT2D eigenvalue weighted by molar-refractivity contribution is -0.122. The van der Waals surface area contributed by atoms with Crippen molar-refractivity contribution in [3.05, 3.63) is 29.8 Å². The SMILES string of the molecule is CCNC(=NCc1cccc(NC(=O)C2CCCC2)c1)NCCNC(=O)C1CC1. The van der Waals surface area contributed by atoms with Crippen LogP contribution < -0.4 is 21.3 Å². The van der Waals surface area contributed by atoms with E-state index >= 15 is 0 Å². The molecule has 2 fully saturated rings. The number of carbonyl (C=O) groups is 2. The molecule has 0 heterocycles. The van der Waals surface area contributed by atoms with Gasteiger partial charge in [-0.15, -0.1) is 0 Å². The highest BCUT2D eigenvalue weighted by Crippen LogP contribution is 2.28. The number of rotatable bonds is 9. The zero-order valence-corrected chi connectivity index (χ0v) is 17.3. The molecule has 29 heavy (non-hydrogen) atoms. The lowest BCUT2D eigenvalue weighted by Gasteiger charge is -2.13. The molecule has 2 amide bonds. The van der Waals surface area contributed by atoms with Gasteiger partial charge >= 0.3 is 0 Å². The van der Waals surface area contributed by atoms with Crippen molar-refractivity contribution in [1.82, 2.24) is 16.0 Å². The average molecular weight is 400 g/mol. The summed E-state index contributed by atoms with van der Waals surface area (Å²) >= 11 is 0. The number of hydrogen-bond donors (Lipinski definition) is 4. The predicted molar refractivity (Wildman–Crippen MR) is 116 cm³/mol. The number of carbonyl (C=O) groups excluding carboxylic acids is 2. The molecule has 0 bridgehead atoms. The quantitative estimate of drug-likeness (QED) is 0.291. The highest BCUT2D eigenvalue weighted by molar-refractivity contribution is 5.92. The molecule has 2 aliphatic carbocycles. The van der Waals surface area contributed by atoms with Gasteiger partial charge in [-0.1, -0.05) is 25.0 Å². The van der Waals surface area contributed by atoms with Crippen LogP contribution in [0.2, 0.25) is 0 Å². The molecule has 1 aromatic carbocycles. The van der Waals surface area contributed by atoms with Gasteiger partial charge in [0.2, 0.25) is 11.8 Å². The van der Waals surface area contributed by atoms with Gasteiger partial charge in [0.25, 0.3) is 0 Å². The van der Waals surface area contributed by atoms with Gasteiger partial charge in [0, 0.05) is 37.2 Å². The van der Waals surface area contributed by atoms with Crippen LogP contribution in [0.1, 0.15) is 51.0 Å². The summed E-state index contributed by atoms with van der Waals surface area (Å²) in [6, 6.07) is 7.86. The van der Waals surface area contributed by atoms with Crippen molar-refractivity contribution in [2.24, 2.45) is 16.8 Å². The van der Waals surface area contributed by atoms with Gasteiger partial charge in [-0.25, -0.2) is 4.99 Å². The third kappa shape index (κ3) is 7.07. The van der Waals surface area contributed by atoms with Crippen LogP contribution in [-0.2, 0) is 16.1 Å². The molecule has 3 rings (SSSR count). The van der Waals surface area contributed by atoms with Crippen LogP contribution in [0.25, 0.3) is 0 Å². The fourth-order valence-electron chi connectivity index (χ4n) is 3.55. The van der Waals surface area contributed by atoms with Crippen LogP contribution in [0.15, 0.2) is 29.3 Å². The van der Waals surface area contributed by atoms with Gasteiger partial charge in [-0.2, -0.15) is 0 Å². The molecule has 0 atom stereocenters. The van der Waals surface area contributed by atoms with E-state index in [1.807, 2.05) is 31.2 Å². The number of benzene rings is 1. The summed E-state index contributed by atoms with van der Waals surface area (Å²) in [5, 5.41) is 12.4. The van der Waals surface area contributed by atoms with Crippen LogP contribution in [0.5, 0.6) is 0 Å². The number of aliphatic imine (C=N–C) groups is 1. The zero-order chi connectivity index (χ0) is 20.5. The first-order valence-corrected chi connectivity index (χ1v) is 10.9. The Morgan fingerprint density at radius 3 is 2.41 bits per heavy atom. The molecule has 0 radical (unpaired) electrons. The maximum Gasteiger partial charge on any atom is 0.227 e. The molecule has 0 unspecified atom stereocenters. The second kappa shape index (κ2) is 10.8. The first-order chi connectivity index (χ1) is 14.2. The third-order valence-electron chi connectivity index (χ3n) is 5.35. The Bertz CT molecular complexity index is 724. The number of guanidine groups is 1. The number of anilines is 1. The van der Waals surface area contributed by atoms with Gasteiger partial charge < -0.3 is 21.3 Å². The molecule has 158 valence electrons. The minimum absolute atomic E-state index is 0.131. The lowest BCUT2D eigenvalue weighted by atomic mass is 10.1. The van der Waals surface area contributed by atoms with Gasteiger partial charge in [-0.05, 0) is 50.3 Å². The standard InChI is InChI=1S/C22H33N5O2/c1-2-23-22(25-13-12-24-20(28)18-10-11-18)26-15-16-6-5-9-19(14-16)27-21(29)17-7-3-4-8-17/h5-6,9,14,17-18H,2-4,7-8,10-13,15H2,1H3,(H,24,28)(H,27,29)(H2,23,25,26). The summed E-state index contributed by atoms with van der Waals surface area (Å²) in [6.45, 7) is 4.50. The summed E-state index contributed by atoms with van der Waals surface area (Å²) in [6.07, 6.45) is 6.32. The van der Waals surface area contributed by atoms with E-state index in [1.54, 1.807) is 0 Å². The van der Waals surface area contributed by atoms with Crippen LogP contribution in [-0.4, -0.2) is 37.4 Å². The minimum Gasteiger partial charge on any atom is -0.357 e. The van der Waals surface area contributed by atoms with Crippen molar-refractivity contribution in [3.63, 3.8) is 0 Å². The van der Waals surface area contributed by atoms with Crippen LogP contribution in [0.4, 0.5) is 5.69 Å². The van der Waals surface area contributed by atoms with E-state index in [2.05, 4.69) is 26.3 Å². The second-order valence-corrected chi connectivity index (χ2v) is 7.86. The molecule has 0 aliphatic heterocycles. The molecule has 0 aromatic heterocycles. The fraction of sp³-hybridized carbons (Fsp3) is 0.591. The largest absolute Gasteiger partial charge is 0.357 e. The van der Waals surface area contributed by atoms with Gasteiger partial charge in [0.05, 0.1) is 6.54 Å². The Hall–Kier alpha value is -2.57. The molecule has 1 aromatic rings. The van der Waals surface area contributed by atoms with Gasteiger partial charge in [0.1, 0.15) is 0 Å². The molecular weight excluding hydrogens is 366 g/mol. The highest BCUT2D eigenvalue weighted by atomic mass is 16.2. The number of nitrogens with one attached hydrogen (secondary N) is 4. The van der Waals surface area contributed by atoms with Crippen molar-refractivity contribution in [3.8, 4) is 0 Å². The Morgan fingerprint density at radius 2 is 1.69 bits per heavy atom. The molecule has 0 spiro atoms. The Morgan fingerprint density at radius 1 is 0.966 bits per heavy atom. The monoisotopic (exact) mass is 399 g/mol. The van der Waals surface area contributed by atoms with E-state index in [4.69, 9.17) is 0 Å². The summed E-state index contributed by atoms with van der Waals surface area (Å²) in [5.74, 6) is 1.39. The van der Waals surface area contributed by atoms with Gasteiger partial charge in [0.15, 0.2) is 5.96 Å². The van der Waals surface area contributed by atoms with E-state index in [-0.39, 0.29) is 23.7 Å². The van der Waals surface area contributed by atoms with E-state index in [0.717, 1.165) is 56.3 Å². The molecule has 4 N–H and O–H groups in total. The molecule has 0 saturated heterocycles. The van der Waals surface area contributed by atoms with E-state index < -0.39 is 0 Å². The number of amides is 2. The first kappa shape index (κ1) is 21.1. The smallest absolute Gasteiger partial charge is 0.227 e. The van der Waals surface area contributed by atoms with E-state index in [9.17, 15) is 9.59 Å². The van der Waals surface area contributed by atoms with E-state index in [1.165, 1.54) is 0 Å². The molecule has 2 aliphatic rings. The highest BCUT2D eigenvalue weighted by Gasteiger charge is 2.29. The van der Waals surface area contributed by atoms with Gasteiger partial charge in [-0.3, -0.25) is 9.59 Å². The summed E-state index contributed by atoms with van der Waals surface area (Å²) in [5.41, 5.74) is 1.86. The maximum absolute atomic E-state index is 12.3. The van der Waals surface area contributed by atoms with Crippen molar-refractivity contribution in [2.75, 3.05) is 25.0 Å². The zero-order valence-electron chi connectivity index (χ0n) is 17.3. The van der Waals surface area contributed by atoms with Crippen molar-refractivity contribution in [1.29, 1.82) is 0 Å². The molecular formula is C22H33N5O2. The van der Waals surface area contributed by atoms with Crippen LogP contribution in [0.3, 0.4) is 0 Å². The number of nitrogens with zero attached hydrogens (tertiary/aromatic N) is 1. The first-order valence-electron chi connectivity index (χ1n) is 10.9. The second-order valence-electron chi connectivity index (χ2n) is 7.86. The van der Waals surface area contributed by atoms with E-state index in [0.29, 0.717) is 25.6 Å². The number of hydrogen-bond acceptors (Lipinski definition) is 3. The summed E-state index contributed by atoms with van der Waals surface area (Å²) < 4.78 is 0. The fourth-order valence-corrected chi connectivity index (χ4v) is 3.55. The predicted octanol–water partition coefficient (Wildman–Crippen LogP) is 2.40. The molecule has 7 nitrogen and oxygen atoms in total. The summed E-state index contributed by atoms with van der Waals surface area (Å²) in [4.78, 5) is 28.6. The topological polar surface area (TPSA) is 94.6 Å². The third-order valence-corrected chi connectivity index (χ3v) is 5.35. The Labute approximate surface area is 173 Å². The Balaban J connectivity index is 1.47. The van der Waals surface area contributed by atoms with Crippen LogP contribution >= 0.6 is 0 Å². The summed E-state index contributed by atoms with van der Waals surface area (Å²) in [7, 11) is 0. The molecule has 7 heteroatoms. The van der Waals surface area contributed by atoms with Crippen molar-refractivity contribution >= 4 is 23.5 Å². The van der Waals surface area contributed by atoms with Crippen LogP contribution in [0, 0.1) is 11.8 Å². The average Bonchev–Trinajstić information content (AvgIpc) is 3.43. The normalized spacial score (nSPS) is 17.1. The maximum atomic E-state index is 12.3. The Kier molecular flexibility index (Phi) is 7.90. The van der Waals surface area contributed by atoms with Crippen molar-refractivity contribution < 1.29 is 9.59 Å².